The van der Waals surface area contributed by atoms with E-state index in [0.717, 1.165) is 34.4 Å². The van der Waals surface area contributed by atoms with E-state index in [4.69, 9.17) is 0 Å². The second-order valence-corrected chi connectivity index (χ2v) is 6.88. The lowest BCUT2D eigenvalue weighted by Gasteiger charge is -2.31. The number of piperidine rings is 1. The summed E-state index contributed by atoms with van der Waals surface area (Å²) >= 11 is 1.60. The van der Waals surface area contributed by atoms with Crippen LogP contribution in [0.15, 0.2) is 24.0 Å². The zero-order valence-electron chi connectivity index (χ0n) is 13.6. The van der Waals surface area contributed by atoms with E-state index in [0.29, 0.717) is 12.4 Å². The van der Waals surface area contributed by atoms with Crippen LogP contribution >= 0.6 is 11.3 Å². The monoisotopic (exact) mass is 342 g/mol. The zero-order valence-corrected chi connectivity index (χ0v) is 14.4. The number of rotatable bonds is 3. The largest absolute Gasteiger partial charge is 0.357 e. The molecule has 1 aliphatic rings. The molecule has 7 nitrogen and oxygen atoms in total. The highest BCUT2D eigenvalue weighted by molar-refractivity contribution is 7.18. The first-order valence-corrected chi connectivity index (χ1v) is 8.78. The first kappa shape index (κ1) is 15.1. The SMILES string of the molecule is Cc1csc2c(N[C@@H]3CCCN(c4ccn(C)n4)C3=O)ncnc12. The van der Waals surface area contributed by atoms with E-state index in [2.05, 4.69) is 25.8 Å². The molecule has 3 aromatic rings. The zero-order chi connectivity index (χ0) is 16.7. The normalized spacial score (nSPS) is 18.3. The average molecular weight is 342 g/mol. The van der Waals surface area contributed by atoms with Crippen molar-refractivity contribution in [2.45, 2.75) is 25.8 Å². The van der Waals surface area contributed by atoms with E-state index < -0.39 is 0 Å². The summed E-state index contributed by atoms with van der Waals surface area (Å²) in [6.45, 7) is 2.73. The molecular weight excluding hydrogens is 324 g/mol. The Labute approximate surface area is 143 Å². The van der Waals surface area contributed by atoms with Crippen molar-refractivity contribution < 1.29 is 4.79 Å². The maximum Gasteiger partial charge on any atom is 0.250 e. The number of carbonyl (C=O) groups excluding carboxylic acids is 1. The molecule has 3 aromatic heterocycles. The fraction of sp³-hybridized carbons (Fsp3) is 0.375. The van der Waals surface area contributed by atoms with Crippen LogP contribution in [0.3, 0.4) is 0 Å². The van der Waals surface area contributed by atoms with Gasteiger partial charge in [0.1, 0.15) is 18.2 Å². The quantitative estimate of drug-likeness (QED) is 0.791. The summed E-state index contributed by atoms with van der Waals surface area (Å²) in [6, 6.07) is 1.58. The van der Waals surface area contributed by atoms with Crippen LogP contribution in [0.25, 0.3) is 10.2 Å². The number of amides is 1. The van der Waals surface area contributed by atoms with Crippen LogP contribution in [0.4, 0.5) is 11.6 Å². The van der Waals surface area contributed by atoms with E-state index in [1.807, 2.05) is 26.2 Å². The van der Waals surface area contributed by atoms with Crippen molar-refractivity contribution in [3.63, 3.8) is 0 Å². The Bertz CT molecular complexity index is 901. The minimum atomic E-state index is -0.290. The van der Waals surface area contributed by atoms with Crippen molar-refractivity contribution in [1.82, 2.24) is 19.7 Å². The number of nitrogens with one attached hydrogen (secondary N) is 1. The number of fused-ring (bicyclic) bond motifs is 1. The van der Waals surface area contributed by atoms with Crippen LogP contribution in [0.5, 0.6) is 0 Å². The number of hydrogen-bond acceptors (Lipinski definition) is 6. The molecule has 8 heteroatoms. The predicted molar refractivity (Wildman–Crippen MR) is 94.4 cm³/mol. The van der Waals surface area contributed by atoms with E-state index >= 15 is 0 Å². The molecule has 0 spiro atoms. The molecule has 0 radical (unpaired) electrons. The Hall–Kier alpha value is -2.48. The first-order chi connectivity index (χ1) is 11.6. The van der Waals surface area contributed by atoms with Gasteiger partial charge in [0, 0.05) is 25.9 Å². The minimum absolute atomic E-state index is 0.0417. The summed E-state index contributed by atoms with van der Waals surface area (Å²) < 4.78 is 2.71. The molecule has 24 heavy (non-hydrogen) atoms. The van der Waals surface area contributed by atoms with Gasteiger partial charge in [-0.3, -0.25) is 14.4 Å². The maximum absolute atomic E-state index is 12.9. The third-order valence-electron chi connectivity index (χ3n) is 4.26. The van der Waals surface area contributed by atoms with Gasteiger partial charge in [0.25, 0.3) is 5.91 Å². The van der Waals surface area contributed by atoms with Crippen molar-refractivity contribution >= 4 is 39.1 Å². The Kier molecular flexibility index (Phi) is 3.68. The van der Waals surface area contributed by atoms with E-state index in [-0.39, 0.29) is 11.9 Å². The lowest BCUT2D eigenvalue weighted by atomic mass is 10.0. The summed E-state index contributed by atoms with van der Waals surface area (Å²) in [5.41, 5.74) is 2.08. The van der Waals surface area contributed by atoms with Gasteiger partial charge >= 0.3 is 0 Å². The fourth-order valence-electron chi connectivity index (χ4n) is 3.02. The minimum Gasteiger partial charge on any atom is -0.357 e. The molecule has 0 aromatic carbocycles. The van der Waals surface area contributed by atoms with Gasteiger partial charge in [0.05, 0.1) is 10.2 Å². The van der Waals surface area contributed by atoms with E-state index in [1.165, 1.54) is 0 Å². The number of aryl methyl sites for hydroxylation is 2. The molecule has 1 N–H and O–H groups in total. The molecule has 1 aliphatic heterocycles. The Balaban J connectivity index is 1.60. The lowest BCUT2D eigenvalue weighted by molar-refractivity contribution is -0.120. The molecule has 0 unspecified atom stereocenters. The Morgan fingerprint density at radius 3 is 3.04 bits per heavy atom. The number of thiophene rings is 1. The van der Waals surface area contributed by atoms with Crippen molar-refractivity contribution in [1.29, 1.82) is 0 Å². The lowest BCUT2D eigenvalue weighted by Crippen LogP contribution is -2.48. The van der Waals surface area contributed by atoms with Crippen LogP contribution in [0, 0.1) is 6.92 Å². The van der Waals surface area contributed by atoms with Gasteiger partial charge in [-0.1, -0.05) is 0 Å². The summed E-state index contributed by atoms with van der Waals surface area (Å²) in [4.78, 5) is 23.3. The smallest absolute Gasteiger partial charge is 0.250 e. The van der Waals surface area contributed by atoms with Crippen LogP contribution in [-0.2, 0) is 11.8 Å². The molecule has 1 fully saturated rings. The molecular formula is C16H18N6OS. The summed E-state index contributed by atoms with van der Waals surface area (Å²) in [6.07, 6.45) is 5.12. The first-order valence-electron chi connectivity index (χ1n) is 7.90. The number of nitrogens with zero attached hydrogens (tertiary/aromatic N) is 5. The maximum atomic E-state index is 12.9. The van der Waals surface area contributed by atoms with Crippen LogP contribution in [-0.4, -0.2) is 38.2 Å². The third-order valence-corrected chi connectivity index (χ3v) is 5.35. The third kappa shape index (κ3) is 2.52. The van der Waals surface area contributed by atoms with Gasteiger partial charge in [0.2, 0.25) is 0 Å². The van der Waals surface area contributed by atoms with Crippen molar-refractivity contribution in [2.75, 3.05) is 16.8 Å². The second kappa shape index (κ2) is 5.86. The molecule has 4 heterocycles. The van der Waals surface area contributed by atoms with Gasteiger partial charge in [-0.05, 0) is 30.7 Å². The summed E-state index contributed by atoms with van der Waals surface area (Å²) in [7, 11) is 1.85. The highest BCUT2D eigenvalue weighted by Gasteiger charge is 2.31. The predicted octanol–water partition coefficient (Wildman–Crippen LogP) is 2.34. The molecule has 124 valence electrons. The molecule has 0 aliphatic carbocycles. The van der Waals surface area contributed by atoms with Crippen LogP contribution in [0.2, 0.25) is 0 Å². The summed E-state index contributed by atoms with van der Waals surface area (Å²) in [5.74, 6) is 1.48. The van der Waals surface area contributed by atoms with Gasteiger partial charge in [-0.15, -0.1) is 11.3 Å². The van der Waals surface area contributed by atoms with Crippen molar-refractivity contribution in [3.8, 4) is 0 Å². The van der Waals surface area contributed by atoms with Gasteiger partial charge in [-0.25, -0.2) is 9.97 Å². The standard InChI is InChI=1S/C16H18N6OS/c1-10-8-24-14-13(10)17-9-18-15(14)19-11-4-3-6-22(16(11)23)12-5-7-21(2)20-12/h5,7-9,11H,3-4,6H2,1-2H3,(H,17,18,19)/t11-/m1/s1. The van der Waals surface area contributed by atoms with Crippen molar-refractivity contribution in [2.24, 2.45) is 7.05 Å². The molecule has 0 saturated carbocycles. The molecule has 1 atom stereocenters. The van der Waals surface area contributed by atoms with Crippen LogP contribution in [0.1, 0.15) is 18.4 Å². The number of hydrogen-bond donors (Lipinski definition) is 1. The molecule has 1 amide bonds. The molecule has 0 bridgehead atoms. The van der Waals surface area contributed by atoms with E-state index in [1.54, 1.807) is 27.2 Å². The van der Waals surface area contributed by atoms with Gasteiger partial charge in [0.15, 0.2) is 5.82 Å². The number of anilines is 2. The average Bonchev–Trinajstić information content (AvgIpc) is 3.17. The highest BCUT2D eigenvalue weighted by Crippen LogP contribution is 2.30. The second-order valence-electron chi connectivity index (χ2n) is 6.00. The Morgan fingerprint density at radius 1 is 1.38 bits per heavy atom. The van der Waals surface area contributed by atoms with Gasteiger partial charge in [-0.2, -0.15) is 5.10 Å². The fourth-order valence-corrected chi connectivity index (χ4v) is 3.98. The number of aromatic nitrogens is 4. The van der Waals surface area contributed by atoms with Crippen molar-refractivity contribution in [3.05, 3.63) is 29.5 Å². The molecule has 4 rings (SSSR count). The highest BCUT2D eigenvalue weighted by atomic mass is 32.1. The van der Waals surface area contributed by atoms with Crippen LogP contribution < -0.4 is 10.2 Å². The topological polar surface area (TPSA) is 75.9 Å². The summed E-state index contributed by atoms with van der Waals surface area (Å²) in [5, 5.41) is 9.74. The van der Waals surface area contributed by atoms with Gasteiger partial charge < -0.3 is 5.32 Å². The van der Waals surface area contributed by atoms with E-state index in [9.17, 15) is 4.79 Å². The Morgan fingerprint density at radius 2 is 2.25 bits per heavy atom. The number of carbonyl (C=O) groups is 1. The molecule has 1 saturated heterocycles.